The number of carbonyl (C=O) groups is 3. The smallest absolute Gasteiger partial charge is 0.408 e. The highest BCUT2D eigenvalue weighted by Crippen LogP contribution is 2.34. The van der Waals surface area contributed by atoms with Crippen LogP contribution in [0.2, 0.25) is 5.02 Å². The number of phenolic OH excluding ortho intramolecular Hbond substituents is 1. The summed E-state index contributed by atoms with van der Waals surface area (Å²) in [7, 11) is 0. The topological polar surface area (TPSA) is 108 Å². The minimum absolute atomic E-state index is 0.133. The zero-order chi connectivity index (χ0) is 28.8. The number of rotatable bonds is 9. The third kappa shape index (κ3) is 7.87. The van der Waals surface area contributed by atoms with Crippen LogP contribution in [0, 0.1) is 12.8 Å². The van der Waals surface area contributed by atoms with E-state index in [0.29, 0.717) is 17.1 Å². The van der Waals surface area contributed by atoms with E-state index in [1.54, 1.807) is 65.0 Å². The molecule has 0 aliphatic carbocycles. The predicted molar refractivity (Wildman–Crippen MR) is 150 cm³/mol. The quantitative estimate of drug-likeness (QED) is 0.347. The molecule has 0 fully saturated rings. The van der Waals surface area contributed by atoms with Gasteiger partial charge in [-0.15, -0.1) is 0 Å². The van der Waals surface area contributed by atoms with Crippen LogP contribution < -0.4 is 10.6 Å². The van der Waals surface area contributed by atoms with Gasteiger partial charge in [-0.1, -0.05) is 62.7 Å². The van der Waals surface area contributed by atoms with Crippen LogP contribution in [-0.4, -0.2) is 45.6 Å². The van der Waals surface area contributed by atoms with Crippen LogP contribution in [0.3, 0.4) is 0 Å². The number of para-hydroxylation sites is 2. The molecule has 0 spiro atoms. The molecule has 38 heavy (non-hydrogen) atoms. The Hall–Kier alpha value is -3.26. The van der Waals surface area contributed by atoms with Crippen LogP contribution in [0.1, 0.15) is 72.1 Å². The van der Waals surface area contributed by atoms with Crippen molar-refractivity contribution < 1.29 is 24.2 Å². The highest BCUT2D eigenvalue weighted by molar-refractivity contribution is 6.34. The minimum atomic E-state index is -1.21. The van der Waals surface area contributed by atoms with E-state index in [9.17, 15) is 19.5 Å². The monoisotopic (exact) mass is 545 g/mol. The minimum Gasteiger partial charge on any atom is -0.508 e. The first kappa shape index (κ1) is 31.0. The van der Waals surface area contributed by atoms with Crippen molar-refractivity contribution in [2.24, 2.45) is 5.92 Å². The Morgan fingerprint density at radius 3 is 2.21 bits per heavy atom. The molecule has 3 N–H and O–H groups in total. The Kier molecular flexibility index (Phi) is 10.6. The second-order valence-corrected chi connectivity index (χ2v) is 11.2. The molecule has 0 saturated carbocycles. The fourth-order valence-electron chi connectivity index (χ4n) is 4.02. The molecule has 2 aromatic rings. The van der Waals surface area contributed by atoms with Crippen LogP contribution >= 0.6 is 11.6 Å². The van der Waals surface area contributed by atoms with Crippen molar-refractivity contribution in [2.45, 2.75) is 85.5 Å². The molecular formula is C29H40ClN3O5. The van der Waals surface area contributed by atoms with E-state index in [-0.39, 0.29) is 17.2 Å². The maximum absolute atomic E-state index is 14.2. The van der Waals surface area contributed by atoms with Gasteiger partial charge in [0.05, 0.1) is 10.7 Å². The lowest BCUT2D eigenvalue weighted by Crippen LogP contribution is -2.56. The zero-order valence-corrected chi connectivity index (χ0v) is 24.2. The normalized spacial score (nSPS) is 13.8. The number of phenols is 1. The van der Waals surface area contributed by atoms with Gasteiger partial charge in [0.25, 0.3) is 5.91 Å². The lowest BCUT2D eigenvalue weighted by molar-refractivity contribution is -0.144. The Morgan fingerprint density at radius 2 is 1.68 bits per heavy atom. The molecular weight excluding hydrogens is 506 g/mol. The van der Waals surface area contributed by atoms with Crippen LogP contribution in [0.15, 0.2) is 42.5 Å². The van der Waals surface area contributed by atoms with Gasteiger partial charge < -0.3 is 25.4 Å². The maximum atomic E-state index is 14.2. The molecule has 0 radical (unpaired) electrons. The number of hydrogen-bond acceptors (Lipinski definition) is 5. The van der Waals surface area contributed by atoms with Gasteiger partial charge in [-0.2, -0.15) is 0 Å². The molecule has 8 nitrogen and oxygen atoms in total. The number of alkyl carbamates (subject to hydrolysis) is 1. The molecule has 3 atom stereocenters. The van der Waals surface area contributed by atoms with Crippen molar-refractivity contribution in [3.8, 4) is 5.75 Å². The molecule has 208 valence electrons. The Labute approximate surface area is 230 Å². The van der Waals surface area contributed by atoms with Crippen molar-refractivity contribution >= 4 is 35.2 Å². The van der Waals surface area contributed by atoms with E-state index >= 15 is 0 Å². The standard InChI is InChI=1S/C29H40ClN3O5/c1-9-19(5)33(27(36)23(17(2)3)32-28(37)38-29(6,7)8)25(20-14-10-11-16-22(20)34)26(35)31-24-18(4)13-12-15-21(24)30/h10-17,19,23,25,34H,9H2,1-8H3,(H,31,35)(H,32,37). The van der Waals surface area contributed by atoms with Crippen molar-refractivity contribution in [1.29, 1.82) is 0 Å². The van der Waals surface area contributed by atoms with Gasteiger partial charge in [0.2, 0.25) is 5.91 Å². The molecule has 9 heteroatoms. The zero-order valence-electron chi connectivity index (χ0n) is 23.5. The molecule has 0 aromatic heterocycles. The first-order chi connectivity index (χ1) is 17.7. The first-order valence-corrected chi connectivity index (χ1v) is 13.2. The third-order valence-corrected chi connectivity index (χ3v) is 6.47. The summed E-state index contributed by atoms with van der Waals surface area (Å²) >= 11 is 6.38. The lowest BCUT2D eigenvalue weighted by Gasteiger charge is -2.39. The number of aromatic hydroxyl groups is 1. The van der Waals surface area contributed by atoms with E-state index in [0.717, 1.165) is 5.56 Å². The van der Waals surface area contributed by atoms with Crippen LogP contribution in [-0.2, 0) is 14.3 Å². The Balaban J connectivity index is 2.61. The average molecular weight is 546 g/mol. The van der Waals surface area contributed by atoms with E-state index in [2.05, 4.69) is 10.6 Å². The van der Waals surface area contributed by atoms with Crippen molar-refractivity contribution in [3.63, 3.8) is 0 Å². The maximum Gasteiger partial charge on any atom is 0.408 e. The number of nitrogens with zero attached hydrogens (tertiary/aromatic N) is 1. The molecule has 0 bridgehead atoms. The highest BCUT2D eigenvalue weighted by atomic mass is 35.5. The second kappa shape index (κ2) is 13.0. The molecule has 2 aromatic carbocycles. The molecule has 0 saturated heterocycles. The van der Waals surface area contributed by atoms with Gasteiger partial charge in [0, 0.05) is 11.6 Å². The highest BCUT2D eigenvalue weighted by Gasteiger charge is 2.40. The van der Waals surface area contributed by atoms with Crippen molar-refractivity contribution in [1.82, 2.24) is 10.2 Å². The van der Waals surface area contributed by atoms with E-state index in [4.69, 9.17) is 16.3 Å². The molecule has 3 amide bonds. The predicted octanol–water partition coefficient (Wildman–Crippen LogP) is 6.21. The number of anilines is 1. The van der Waals surface area contributed by atoms with E-state index in [1.807, 2.05) is 26.8 Å². The third-order valence-electron chi connectivity index (χ3n) is 6.15. The van der Waals surface area contributed by atoms with Crippen molar-refractivity contribution in [2.75, 3.05) is 5.32 Å². The van der Waals surface area contributed by atoms with Gasteiger partial charge in [-0.3, -0.25) is 9.59 Å². The summed E-state index contributed by atoms with van der Waals surface area (Å²) in [6.07, 6.45) is -0.213. The summed E-state index contributed by atoms with van der Waals surface area (Å²) in [5, 5.41) is 16.7. The van der Waals surface area contributed by atoms with E-state index in [1.165, 1.54) is 11.0 Å². The molecule has 0 heterocycles. The summed E-state index contributed by atoms with van der Waals surface area (Å²) < 4.78 is 5.40. The summed E-state index contributed by atoms with van der Waals surface area (Å²) in [5.41, 5.74) is 0.664. The number of aryl methyl sites for hydroxylation is 1. The molecule has 2 rings (SSSR count). The number of halogens is 1. The largest absolute Gasteiger partial charge is 0.508 e. The molecule has 0 aliphatic heterocycles. The van der Waals surface area contributed by atoms with Crippen LogP contribution in [0.25, 0.3) is 0 Å². The number of amides is 3. The number of ether oxygens (including phenoxy) is 1. The Bertz CT molecular complexity index is 1130. The fraction of sp³-hybridized carbons (Fsp3) is 0.483. The lowest BCUT2D eigenvalue weighted by atomic mass is 9.96. The van der Waals surface area contributed by atoms with Crippen LogP contribution in [0.4, 0.5) is 10.5 Å². The SMILES string of the molecule is CCC(C)N(C(=O)C(NC(=O)OC(C)(C)C)C(C)C)C(C(=O)Nc1c(C)cccc1Cl)c1ccccc1O. The number of nitrogens with one attached hydrogen (secondary N) is 2. The number of hydrogen-bond donors (Lipinski definition) is 3. The van der Waals surface area contributed by atoms with Gasteiger partial charge in [-0.25, -0.2) is 4.79 Å². The van der Waals surface area contributed by atoms with Crippen molar-refractivity contribution in [3.05, 3.63) is 58.6 Å². The number of carbonyl (C=O) groups excluding carboxylic acids is 3. The fourth-order valence-corrected chi connectivity index (χ4v) is 4.29. The van der Waals surface area contributed by atoms with Gasteiger partial charge in [0.1, 0.15) is 23.4 Å². The number of benzene rings is 2. The van der Waals surface area contributed by atoms with Gasteiger partial charge in [0.15, 0.2) is 0 Å². The van der Waals surface area contributed by atoms with Crippen LogP contribution in [0.5, 0.6) is 5.75 Å². The van der Waals surface area contributed by atoms with Gasteiger partial charge in [-0.05, 0) is 64.7 Å². The summed E-state index contributed by atoms with van der Waals surface area (Å²) in [5.74, 6) is -1.47. The Morgan fingerprint density at radius 1 is 1.05 bits per heavy atom. The molecule has 0 aliphatic rings. The average Bonchev–Trinajstić information content (AvgIpc) is 2.81. The molecule has 3 unspecified atom stereocenters. The summed E-state index contributed by atoms with van der Waals surface area (Å²) in [6, 6.07) is 9.03. The van der Waals surface area contributed by atoms with Gasteiger partial charge >= 0.3 is 6.09 Å². The summed E-state index contributed by atoms with van der Waals surface area (Å²) in [6.45, 7) is 14.3. The second-order valence-electron chi connectivity index (χ2n) is 10.8. The summed E-state index contributed by atoms with van der Waals surface area (Å²) in [4.78, 5) is 42.2. The van der Waals surface area contributed by atoms with E-state index < -0.39 is 41.6 Å². The first-order valence-electron chi connectivity index (χ1n) is 12.8.